The quantitative estimate of drug-likeness (QED) is 0.321. The Morgan fingerprint density at radius 2 is 1.59 bits per heavy atom. The molecule has 3 aromatic carbocycles. The van der Waals surface area contributed by atoms with Crippen LogP contribution in [0.5, 0.6) is 17.2 Å². The number of rotatable bonds is 5. The zero-order chi connectivity index (χ0) is 30.0. The summed E-state index contributed by atoms with van der Waals surface area (Å²) in [6, 6.07) is 6.12. The van der Waals surface area contributed by atoms with Crippen molar-refractivity contribution in [3.63, 3.8) is 0 Å². The Morgan fingerprint density at radius 3 is 2.20 bits per heavy atom. The van der Waals surface area contributed by atoms with E-state index in [4.69, 9.17) is 9.47 Å². The summed E-state index contributed by atoms with van der Waals surface area (Å²) in [5.41, 5.74) is -4.28. The third-order valence-corrected chi connectivity index (χ3v) is 8.03. The fraction of sp³-hybridized carbons (Fsp3) is 0.308. The van der Waals surface area contributed by atoms with Gasteiger partial charge in [0.25, 0.3) is 10.0 Å². The lowest BCUT2D eigenvalue weighted by atomic mass is 9.95. The van der Waals surface area contributed by atoms with E-state index in [1.807, 2.05) is 4.90 Å². The Morgan fingerprint density at radius 1 is 0.927 bits per heavy atom. The Bertz CT molecular complexity index is 1610. The highest BCUT2D eigenvalue weighted by molar-refractivity contribution is 7.92. The first-order valence-corrected chi connectivity index (χ1v) is 13.4. The van der Waals surface area contributed by atoms with Crippen molar-refractivity contribution in [3.05, 3.63) is 76.9 Å². The molecule has 3 aromatic rings. The van der Waals surface area contributed by atoms with Crippen LogP contribution in [-0.4, -0.2) is 39.6 Å². The van der Waals surface area contributed by atoms with E-state index in [9.17, 15) is 34.8 Å². The maximum absolute atomic E-state index is 15.1. The van der Waals surface area contributed by atoms with E-state index in [1.165, 1.54) is 0 Å². The van der Waals surface area contributed by atoms with Gasteiger partial charge in [-0.1, -0.05) is 0 Å². The molecule has 0 saturated carbocycles. The van der Waals surface area contributed by atoms with E-state index in [-0.39, 0.29) is 5.69 Å². The summed E-state index contributed by atoms with van der Waals surface area (Å²) < 4.78 is 149. The number of halogens is 8. The van der Waals surface area contributed by atoms with E-state index in [1.54, 1.807) is 7.05 Å². The molecular formula is C26H20F8N2O4S. The molecule has 1 fully saturated rings. The second-order valence-corrected chi connectivity index (χ2v) is 11.3. The first-order chi connectivity index (χ1) is 18.9. The lowest BCUT2D eigenvalue weighted by molar-refractivity contribution is -0.139. The maximum Gasteiger partial charge on any atom is 0.419 e. The highest BCUT2D eigenvalue weighted by atomic mass is 32.2. The van der Waals surface area contributed by atoms with Crippen molar-refractivity contribution < 1.29 is 53.0 Å². The molecule has 0 bridgehead atoms. The first-order valence-electron chi connectivity index (χ1n) is 12.0. The third kappa shape index (κ3) is 5.64. The standard InChI is InChI=1S/C26H20F8N2O4S/c1-36-9-8-16(13-36)39-22-11-15(3-6-20(22)26(32,33)34)35-41(37,38)17-4-7-19-23(12-17)40-21-10-14(25(29,30)31)2-5-18(21)24(19,27)28/h2-7,10-12,16,35H,8-9,13H2,1H3/t16-/m1/s1. The minimum Gasteiger partial charge on any atom is -0.488 e. The smallest absolute Gasteiger partial charge is 0.419 e. The van der Waals surface area contributed by atoms with Gasteiger partial charge in [-0.15, -0.1) is 0 Å². The van der Waals surface area contributed by atoms with Crippen LogP contribution in [0.1, 0.15) is 28.7 Å². The number of likely N-dealkylation sites (N-methyl/N-ethyl adjacent to an activating group) is 1. The predicted octanol–water partition coefficient (Wildman–Crippen LogP) is 6.85. The number of nitrogens with zero attached hydrogens (tertiary/aromatic N) is 1. The molecule has 5 rings (SSSR count). The van der Waals surface area contributed by atoms with Crippen LogP contribution in [0.15, 0.2) is 59.5 Å². The van der Waals surface area contributed by atoms with Crippen LogP contribution in [0.4, 0.5) is 40.8 Å². The Kier molecular flexibility index (Phi) is 6.88. The van der Waals surface area contributed by atoms with Crippen molar-refractivity contribution >= 4 is 15.7 Å². The number of ether oxygens (including phenoxy) is 2. The maximum atomic E-state index is 15.1. The number of sulfonamides is 1. The van der Waals surface area contributed by atoms with Gasteiger partial charge in [0, 0.05) is 25.2 Å². The molecule has 1 N–H and O–H groups in total. The van der Waals surface area contributed by atoms with Gasteiger partial charge in [0.2, 0.25) is 0 Å². The minimum absolute atomic E-state index is 0.302. The molecule has 0 aromatic heterocycles. The number of anilines is 1. The molecule has 0 unspecified atom stereocenters. The van der Waals surface area contributed by atoms with Gasteiger partial charge in [-0.25, -0.2) is 8.42 Å². The van der Waals surface area contributed by atoms with Crippen molar-refractivity contribution in [3.8, 4) is 17.2 Å². The number of nitrogens with one attached hydrogen (secondary N) is 1. The number of benzene rings is 3. The van der Waals surface area contributed by atoms with Crippen molar-refractivity contribution in [1.82, 2.24) is 4.90 Å². The number of alkyl halides is 8. The molecule has 2 aliphatic rings. The molecule has 0 aliphatic carbocycles. The molecule has 41 heavy (non-hydrogen) atoms. The lowest BCUT2D eigenvalue weighted by Gasteiger charge is -2.28. The normalized spacial score (nSPS) is 18.8. The monoisotopic (exact) mass is 608 g/mol. The highest BCUT2D eigenvalue weighted by Crippen LogP contribution is 2.51. The van der Waals surface area contributed by atoms with Crippen LogP contribution in [0, 0.1) is 0 Å². The van der Waals surface area contributed by atoms with Crippen LogP contribution in [0.2, 0.25) is 0 Å². The van der Waals surface area contributed by atoms with Gasteiger partial charge in [0.05, 0.1) is 32.8 Å². The predicted molar refractivity (Wildman–Crippen MR) is 130 cm³/mol. The summed E-state index contributed by atoms with van der Waals surface area (Å²) in [5, 5.41) is 0. The molecule has 2 heterocycles. The number of hydrogen-bond donors (Lipinski definition) is 1. The first kappa shape index (κ1) is 28.9. The van der Waals surface area contributed by atoms with Crippen molar-refractivity contribution in [2.24, 2.45) is 0 Å². The largest absolute Gasteiger partial charge is 0.488 e. The van der Waals surface area contributed by atoms with E-state index in [0.29, 0.717) is 49.8 Å². The number of likely N-dealkylation sites (tertiary alicyclic amines) is 1. The average molecular weight is 609 g/mol. The topological polar surface area (TPSA) is 67.9 Å². The summed E-state index contributed by atoms with van der Waals surface area (Å²) >= 11 is 0. The van der Waals surface area contributed by atoms with Gasteiger partial charge in [0.15, 0.2) is 0 Å². The Labute approximate surface area is 228 Å². The van der Waals surface area contributed by atoms with E-state index < -0.39 is 78.8 Å². The summed E-state index contributed by atoms with van der Waals surface area (Å²) in [5.74, 6) is -5.91. The summed E-state index contributed by atoms with van der Waals surface area (Å²) in [6.07, 6.45) is -9.74. The van der Waals surface area contributed by atoms with Crippen molar-refractivity contribution in [2.45, 2.75) is 35.7 Å². The fourth-order valence-corrected chi connectivity index (χ4v) is 5.69. The van der Waals surface area contributed by atoms with Crippen molar-refractivity contribution in [2.75, 3.05) is 24.9 Å². The third-order valence-electron chi connectivity index (χ3n) is 6.65. The molecule has 2 aliphatic heterocycles. The molecule has 0 amide bonds. The number of hydrogen-bond acceptors (Lipinski definition) is 5. The van der Waals surface area contributed by atoms with Crippen LogP contribution in [0.25, 0.3) is 0 Å². The molecular weight excluding hydrogens is 588 g/mol. The molecule has 0 spiro atoms. The van der Waals surface area contributed by atoms with Gasteiger partial charge in [-0.3, -0.25) is 4.72 Å². The average Bonchev–Trinajstić information content (AvgIpc) is 3.26. The van der Waals surface area contributed by atoms with E-state index >= 15 is 8.78 Å². The molecule has 1 saturated heterocycles. The molecule has 6 nitrogen and oxygen atoms in total. The summed E-state index contributed by atoms with van der Waals surface area (Å²) in [6.45, 7) is 0.959. The van der Waals surface area contributed by atoms with Gasteiger partial charge in [-0.05, 0) is 55.9 Å². The molecule has 1 atom stereocenters. The van der Waals surface area contributed by atoms with Crippen LogP contribution < -0.4 is 14.2 Å². The van der Waals surface area contributed by atoms with E-state index in [0.717, 1.165) is 24.3 Å². The van der Waals surface area contributed by atoms with Gasteiger partial charge < -0.3 is 14.4 Å². The second kappa shape index (κ2) is 9.76. The second-order valence-electron chi connectivity index (χ2n) is 9.65. The molecule has 0 radical (unpaired) electrons. The van der Waals surface area contributed by atoms with Gasteiger partial charge in [-0.2, -0.15) is 35.1 Å². The Balaban J connectivity index is 1.46. The molecule has 220 valence electrons. The van der Waals surface area contributed by atoms with Crippen molar-refractivity contribution in [1.29, 1.82) is 0 Å². The van der Waals surface area contributed by atoms with E-state index in [2.05, 4.69) is 4.72 Å². The summed E-state index contributed by atoms with van der Waals surface area (Å²) in [4.78, 5) is 1.23. The fourth-order valence-electron chi connectivity index (χ4n) is 4.62. The number of fused-ring (bicyclic) bond motifs is 2. The Hall–Kier alpha value is -3.59. The lowest BCUT2D eigenvalue weighted by Crippen LogP contribution is -2.23. The minimum atomic E-state index is -4.85. The summed E-state index contributed by atoms with van der Waals surface area (Å²) in [7, 11) is -2.83. The zero-order valence-electron chi connectivity index (χ0n) is 20.9. The van der Waals surface area contributed by atoms with Crippen LogP contribution in [0.3, 0.4) is 0 Å². The van der Waals surface area contributed by atoms with Gasteiger partial charge >= 0.3 is 18.3 Å². The van der Waals surface area contributed by atoms with Crippen LogP contribution in [-0.2, 0) is 28.3 Å². The van der Waals surface area contributed by atoms with Crippen LogP contribution >= 0.6 is 0 Å². The zero-order valence-corrected chi connectivity index (χ0v) is 21.7. The SMILES string of the molecule is CN1CC[C@@H](Oc2cc(NS(=O)(=O)c3ccc4c(c3)Oc3cc(C(F)(F)F)ccc3C4(F)F)ccc2C(F)(F)F)C1. The van der Waals surface area contributed by atoms with Gasteiger partial charge in [0.1, 0.15) is 23.4 Å². The molecule has 15 heteroatoms. The highest BCUT2D eigenvalue weighted by Gasteiger charge is 2.45.